The normalized spacial score (nSPS) is 10.9. The zero-order valence-electron chi connectivity index (χ0n) is 12.1. The minimum absolute atomic E-state index is 0. The van der Waals surface area contributed by atoms with Gasteiger partial charge in [-0.15, -0.1) is 24.0 Å². The Kier molecular flexibility index (Phi) is 9.38. The van der Waals surface area contributed by atoms with E-state index in [2.05, 4.69) is 29.5 Å². The summed E-state index contributed by atoms with van der Waals surface area (Å²) in [6.07, 6.45) is 0. The van der Waals surface area contributed by atoms with Gasteiger partial charge >= 0.3 is 0 Å². The van der Waals surface area contributed by atoms with Gasteiger partial charge in [0.05, 0.1) is 7.11 Å². The third-order valence-corrected chi connectivity index (χ3v) is 2.52. The topological polar surface area (TPSA) is 45.7 Å². The number of hydrogen-bond acceptors (Lipinski definition) is 2. The Hall–Kier alpha value is -0.980. The van der Waals surface area contributed by atoms with E-state index >= 15 is 0 Å². The first-order valence-electron chi connectivity index (χ1n) is 6.23. The van der Waals surface area contributed by atoms with Gasteiger partial charge in [0.1, 0.15) is 5.75 Å². The number of hydrogen-bond donors (Lipinski definition) is 2. The molecule has 0 aliphatic heterocycles. The number of methoxy groups -OCH3 is 1. The Bertz CT molecular complexity index is 377. The molecule has 0 aromatic heterocycles. The Labute approximate surface area is 133 Å². The fraction of sp³-hybridized carbons (Fsp3) is 0.500. The highest BCUT2D eigenvalue weighted by molar-refractivity contribution is 14.0. The number of nitrogens with one attached hydrogen (secondary N) is 2. The first kappa shape index (κ1) is 18.0. The maximum Gasteiger partial charge on any atom is 0.191 e. The zero-order chi connectivity index (χ0) is 13.4. The van der Waals surface area contributed by atoms with Crippen molar-refractivity contribution in [1.29, 1.82) is 0 Å². The van der Waals surface area contributed by atoms with E-state index in [1.165, 1.54) is 5.56 Å². The second-order valence-electron chi connectivity index (χ2n) is 4.55. The standard InChI is InChI=1S/C14H23N3O.HI/c1-11(2)9-16-14(15-3)17-10-12-5-7-13(18-4)8-6-12;/h5-8,11H,9-10H2,1-4H3,(H2,15,16,17);1H. The summed E-state index contributed by atoms with van der Waals surface area (Å²) in [5.41, 5.74) is 1.20. The SMILES string of the molecule is CN=C(NCc1ccc(OC)cc1)NCC(C)C.I. The third-order valence-electron chi connectivity index (χ3n) is 2.52. The number of guanidine groups is 1. The average Bonchev–Trinajstić information content (AvgIpc) is 2.39. The van der Waals surface area contributed by atoms with Crippen molar-refractivity contribution in [2.24, 2.45) is 10.9 Å². The van der Waals surface area contributed by atoms with Crippen molar-refractivity contribution < 1.29 is 4.74 Å². The molecule has 0 atom stereocenters. The van der Waals surface area contributed by atoms with Crippen molar-refractivity contribution >= 4 is 29.9 Å². The van der Waals surface area contributed by atoms with Crippen LogP contribution < -0.4 is 15.4 Å². The molecule has 0 saturated carbocycles. The summed E-state index contributed by atoms with van der Waals surface area (Å²) >= 11 is 0. The van der Waals surface area contributed by atoms with Gasteiger partial charge in [-0.1, -0.05) is 26.0 Å². The molecular formula is C14H24IN3O. The smallest absolute Gasteiger partial charge is 0.191 e. The molecule has 1 aromatic carbocycles. The highest BCUT2D eigenvalue weighted by atomic mass is 127. The number of aliphatic imine (C=N–C) groups is 1. The van der Waals surface area contributed by atoms with Gasteiger partial charge in [-0.05, 0) is 23.6 Å². The van der Waals surface area contributed by atoms with Crippen LogP contribution >= 0.6 is 24.0 Å². The first-order chi connectivity index (χ1) is 8.65. The molecule has 0 amide bonds. The third kappa shape index (κ3) is 7.25. The maximum atomic E-state index is 5.12. The highest BCUT2D eigenvalue weighted by Crippen LogP contribution is 2.10. The Morgan fingerprint density at radius 3 is 2.32 bits per heavy atom. The van der Waals surface area contributed by atoms with Gasteiger partial charge in [0.15, 0.2) is 5.96 Å². The summed E-state index contributed by atoms with van der Waals surface area (Å²) in [5.74, 6) is 2.31. The van der Waals surface area contributed by atoms with Crippen molar-refractivity contribution in [3.05, 3.63) is 29.8 Å². The summed E-state index contributed by atoms with van der Waals surface area (Å²) in [5, 5.41) is 6.55. The van der Waals surface area contributed by atoms with E-state index in [1.807, 2.05) is 24.3 Å². The van der Waals surface area contributed by atoms with Crippen LogP contribution in [0.2, 0.25) is 0 Å². The highest BCUT2D eigenvalue weighted by Gasteiger charge is 2.00. The molecule has 1 aromatic rings. The van der Waals surface area contributed by atoms with Gasteiger partial charge in [0.2, 0.25) is 0 Å². The number of nitrogens with zero attached hydrogens (tertiary/aromatic N) is 1. The van der Waals surface area contributed by atoms with Crippen molar-refractivity contribution in [3.63, 3.8) is 0 Å². The van der Waals surface area contributed by atoms with E-state index in [9.17, 15) is 0 Å². The van der Waals surface area contributed by atoms with Crippen LogP contribution in [0.25, 0.3) is 0 Å². The van der Waals surface area contributed by atoms with Crippen LogP contribution in [0.4, 0.5) is 0 Å². The van der Waals surface area contributed by atoms with Gasteiger partial charge in [0.25, 0.3) is 0 Å². The molecule has 0 fully saturated rings. The van der Waals surface area contributed by atoms with Crippen LogP contribution in [-0.2, 0) is 6.54 Å². The number of benzene rings is 1. The van der Waals surface area contributed by atoms with Crippen LogP contribution in [0.5, 0.6) is 5.75 Å². The van der Waals surface area contributed by atoms with Crippen molar-refractivity contribution in [3.8, 4) is 5.75 Å². The van der Waals surface area contributed by atoms with Gasteiger partial charge in [-0.2, -0.15) is 0 Å². The lowest BCUT2D eigenvalue weighted by atomic mass is 10.2. The van der Waals surface area contributed by atoms with Crippen LogP contribution in [0.1, 0.15) is 19.4 Å². The Morgan fingerprint density at radius 1 is 1.21 bits per heavy atom. The molecule has 19 heavy (non-hydrogen) atoms. The second-order valence-corrected chi connectivity index (χ2v) is 4.55. The Morgan fingerprint density at radius 2 is 1.84 bits per heavy atom. The summed E-state index contributed by atoms with van der Waals surface area (Å²) < 4.78 is 5.12. The van der Waals surface area contributed by atoms with Crippen molar-refractivity contribution in [1.82, 2.24) is 10.6 Å². The summed E-state index contributed by atoms with van der Waals surface area (Å²) in [6.45, 7) is 6.01. The summed E-state index contributed by atoms with van der Waals surface area (Å²) in [7, 11) is 3.45. The van der Waals surface area contributed by atoms with E-state index in [4.69, 9.17) is 4.74 Å². The van der Waals surface area contributed by atoms with E-state index < -0.39 is 0 Å². The van der Waals surface area contributed by atoms with E-state index in [1.54, 1.807) is 14.2 Å². The molecule has 1 rings (SSSR count). The molecule has 108 valence electrons. The minimum atomic E-state index is 0. The second kappa shape index (κ2) is 9.89. The Balaban J connectivity index is 0.00000324. The fourth-order valence-corrected chi connectivity index (χ4v) is 1.45. The molecule has 0 unspecified atom stereocenters. The summed E-state index contributed by atoms with van der Waals surface area (Å²) in [6, 6.07) is 8.01. The molecule has 0 radical (unpaired) electrons. The molecule has 5 heteroatoms. The lowest BCUT2D eigenvalue weighted by Crippen LogP contribution is -2.38. The zero-order valence-corrected chi connectivity index (χ0v) is 14.4. The number of rotatable bonds is 5. The molecule has 2 N–H and O–H groups in total. The summed E-state index contributed by atoms with van der Waals surface area (Å²) in [4.78, 5) is 4.18. The molecular weight excluding hydrogens is 353 g/mol. The quantitative estimate of drug-likeness (QED) is 0.471. The van der Waals surface area contributed by atoms with Gasteiger partial charge in [0, 0.05) is 20.1 Å². The monoisotopic (exact) mass is 377 g/mol. The number of halogens is 1. The molecule has 0 heterocycles. The van der Waals surface area contributed by atoms with Gasteiger partial charge in [-0.25, -0.2) is 0 Å². The lowest BCUT2D eigenvalue weighted by Gasteiger charge is -2.13. The molecule has 0 bridgehead atoms. The van der Waals surface area contributed by atoms with Crippen LogP contribution in [0, 0.1) is 5.92 Å². The number of ether oxygens (including phenoxy) is 1. The average molecular weight is 377 g/mol. The minimum Gasteiger partial charge on any atom is -0.497 e. The largest absolute Gasteiger partial charge is 0.497 e. The first-order valence-corrected chi connectivity index (χ1v) is 6.23. The maximum absolute atomic E-state index is 5.12. The van der Waals surface area contributed by atoms with Crippen LogP contribution in [0.15, 0.2) is 29.3 Å². The van der Waals surface area contributed by atoms with Crippen LogP contribution in [-0.4, -0.2) is 26.7 Å². The molecule has 0 aliphatic carbocycles. The molecule has 4 nitrogen and oxygen atoms in total. The van der Waals surface area contributed by atoms with Gasteiger partial charge in [-0.3, -0.25) is 4.99 Å². The van der Waals surface area contributed by atoms with E-state index in [0.717, 1.165) is 24.8 Å². The van der Waals surface area contributed by atoms with Gasteiger partial charge < -0.3 is 15.4 Å². The fourth-order valence-electron chi connectivity index (χ4n) is 1.45. The predicted molar refractivity (Wildman–Crippen MR) is 91.4 cm³/mol. The van der Waals surface area contributed by atoms with Crippen molar-refractivity contribution in [2.45, 2.75) is 20.4 Å². The lowest BCUT2D eigenvalue weighted by molar-refractivity contribution is 0.414. The van der Waals surface area contributed by atoms with E-state index in [0.29, 0.717) is 5.92 Å². The van der Waals surface area contributed by atoms with E-state index in [-0.39, 0.29) is 24.0 Å². The molecule has 0 spiro atoms. The van der Waals surface area contributed by atoms with Crippen LogP contribution in [0.3, 0.4) is 0 Å². The predicted octanol–water partition coefficient (Wildman–Crippen LogP) is 2.63. The van der Waals surface area contributed by atoms with Crippen molar-refractivity contribution in [2.75, 3.05) is 20.7 Å². The molecule has 0 aliphatic rings. The molecule has 0 saturated heterocycles.